The summed E-state index contributed by atoms with van der Waals surface area (Å²) in [5.41, 5.74) is 2.53. The first-order valence-electron chi connectivity index (χ1n) is 8.37. The molecule has 2 aromatic heterocycles. The molecule has 1 aliphatic rings. The van der Waals surface area contributed by atoms with Gasteiger partial charge in [0.1, 0.15) is 11.3 Å². The highest BCUT2D eigenvalue weighted by molar-refractivity contribution is 6.01. The molecule has 1 amide bonds. The Balaban J connectivity index is 1.70. The fraction of sp³-hybridized carbons (Fsp3) is 0.333. The number of hydrogen-bond acceptors (Lipinski definition) is 7. The zero-order valence-electron chi connectivity index (χ0n) is 14.3. The maximum atomic E-state index is 12.1. The number of anilines is 1. The van der Waals surface area contributed by atoms with Gasteiger partial charge in [-0.3, -0.25) is 9.78 Å². The molecule has 1 aliphatic heterocycles. The molecule has 0 radical (unpaired) electrons. The van der Waals surface area contributed by atoms with Crippen LogP contribution in [0.4, 0.5) is 5.82 Å². The summed E-state index contributed by atoms with van der Waals surface area (Å²) in [6.45, 7) is 1.49. The van der Waals surface area contributed by atoms with Gasteiger partial charge in [0.15, 0.2) is 12.2 Å². The maximum absolute atomic E-state index is 12.1. The number of carbonyl (C=O) groups excluding carboxylic acids is 1. The van der Waals surface area contributed by atoms with Crippen LogP contribution in [0.25, 0.3) is 11.0 Å². The third-order valence-corrected chi connectivity index (χ3v) is 4.47. The number of nitrogens with zero attached hydrogens (tertiary/aromatic N) is 3. The fourth-order valence-corrected chi connectivity index (χ4v) is 3.16. The van der Waals surface area contributed by atoms with Gasteiger partial charge in [-0.2, -0.15) is 0 Å². The van der Waals surface area contributed by atoms with Gasteiger partial charge in [-0.25, -0.2) is 9.97 Å². The van der Waals surface area contributed by atoms with E-state index in [9.17, 15) is 4.79 Å². The second kappa shape index (κ2) is 7.09. The molecule has 0 saturated carbocycles. The molecule has 1 saturated heterocycles. The zero-order valence-corrected chi connectivity index (χ0v) is 14.3. The number of oxazole rings is 1. The number of methoxy groups -OCH3 is 1. The van der Waals surface area contributed by atoms with Gasteiger partial charge in [-0.1, -0.05) is 6.07 Å². The summed E-state index contributed by atoms with van der Waals surface area (Å²) in [5, 5.41) is 2.66. The van der Waals surface area contributed by atoms with Crippen LogP contribution >= 0.6 is 0 Å². The van der Waals surface area contributed by atoms with Crippen LogP contribution in [0.1, 0.15) is 34.9 Å². The number of hydrogen-bond donors (Lipinski definition) is 1. The number of benzene rings is 1. The molecule has 4 rings (SSSR count). The summed E-state index contributed by atoms with van der Waals surface area (Å²) in [7, 11) is 1.59. The highest BCUT2D eigenvalue weighted by Crippen LogP contribution is 2.35. The van der Waals surface area contributed by atoms with Gasteiger partial charge >= 0.3 is 0 Å². The average Bonchev–Trinajstić information content (AvgIpc) is 3.23. The van der Waals surface area contributed by atoms with E-state index in [4.69, 9.17) is 13.9 Å². The maximum Gasteiger partial charge on any atom is 0.294 e. The molecule has 0 atom stereocenters. The van der Waals surface area contributed by atoms with Crippen LogP contribution < -0.4 is 10.1 Å². The predicted octanol–water partition coefficient (Wildman–Crippen LogP) is 2.77. The lowest BCUT2D eigenvalue weighted by Crippen LogP contribution is -2.15. The van der Waals surface area contributed by atoms with Crippen LogP contribution in [0.5, 0.6) is 5.75 Å². The summed E-state index contributed by atoms with van der Waals surface area (Å²) in [6, 6.07) is 3.93. The third-order valence-electron chi connectivity index (χ3n) is 4.47. The van der Waals surface area contributed by atoms with Crippen LogP contribution in [0, 0.1) is 0 Å². The van der Waals surface area contributed by atoms with E-state index in [1.54, 1.807) is 13.3 Å². The van der Waals surface area contributed by atoms with Gasteiger partial charge < -0.3 is 19.2 Å². The molecule has 1 N–H and O–H groups in total. The van der Waals surface area contributed by atoms with Gasteiger partial charge in [0.25, 0.3) is 5.91 Å². The molecular formula is C18H18N4O4. The van der Waals surface area contributed by atoms with E-state index in [0.29, 0.717) is 23.0 Å². The zero-order chi connectivity index (χ0) is 17.9. The minimum atomic E-state index is -0.435. The predicted molar refractivity (Wildman–Crippen MR) is 93.3 cm³/mol. The Labute approximate surface area is 149 Å². The lowest BCUT2D eigenvalue weighted by Gasteiger charge is -2.23. The quantitative estimate of drug-likeness (QED) is 0.769. The molecule has 8 heteroatoms. The average molecular weight is 354 g/mol. The number of carbonyl (C=O) groups is 1. The molecule has 0 spiro atoms. The van der Waals surface area contributed by atoms with Crippen molar-refractivity contribution in [3.8, 4) is 5.75 Å². The Morgan fingerprint density at radius 2 is 2.08 bits per heavy atom. The Bertz CT molecular complexity index is 920. The van der Waals surface area contributed by atoms with Crippen molar-refractivity contribution in [1.29, 1.82) is 0 Å². The Morgan fingerprint density at radius 1 is 1.23 bits per heavy atom. The van der Waals surface area contributed by atoms with E-state index < -0.39 is 5.91 Å². The topological polar surface area (TPSA) is 99.4 Å². The Hall–Kier alpha value is -3.00. The number of amides is 1. The van der Waals surface area contributed by atoms with Gasteiger partial charge in [0.05, 0.1) is 25.0 Å². The van der Waals surface area contributed by atoms with Crippen molar-refractivity contribution in [2.75, 3.05) is 25.6 Å². The normalized spacial score (nSPS) is 15.1. The van der Waals surface area contributed by atoms with Gasteiger partial charge in [-0.15, -0.1) is 0 Å². The van der Waals surface area contributed by atoms with Crippen molar-refractivity contribution >= 4 is 22.8 Å². The number of rotatable bonds is 4. The van der Waals surface area contributed by atoms with Crippen LogP contribution in [-0.2, 0) is 4.74 Å². The van der Waals surface area contributed by atoms with E-state index >= 15 is 0 Å². The molecule has 134 valence electrons. The van der Waals surface area contributed by atoms with Crippen LogP contribution in [0.2, 0.25) is 0 Å². The van der Waals surface area contributed by atoms with Crippen molar-refractivity contribution in [3.05, 3.63) is 42.2 Å². The van der Waals surface area contributed by atoms with E-state index in [0.717, 1.165) is 37.1 Å². The minimum absolute atomic E-state index is 0.106. The summed E-state index contributed by atoms with van der Waals surface area (Å²) < 4.78 is 15.9. The summed E-state index contributed by atoms with van der Waals surface area (Å²) in [4.78, 5) is 24.9. The van der Waals surface area contributed by atoms with Crippen LogP contribution in [-0.4, -0.2) is 41.2 Å². The van der Waals surface area contributed by atoms with E-state index in [1.165, 1.54) is 12.6 Å². The SMILES string of the molecule is COc1ccc(C2CCOCC2)c2ncc(NC(=O)c3cnco3)nc12. The molecule has 0 bridgehead atoms. The minimum Gasteiger partial charge on any atom is -0.494 e. The summed E-state index contributed by atoms with van der Waals surface area (Å²) >= 11 is 0. The molecular weight excluding hydrogens is 336 g/mol. The van der Waals surface area contributed by atoms with Gasteiger partial charge in [-0.05, 0) is 30.4 Å². The highest BCUT2D eigenvalue weighted by atomic mass is 16.5. The largest absolute Gasteiger partial charge is 0.494 e. The molecule has 1 aromatic carbocycles. The summed E-state index contributed by atoms with van der Waals surface area (Å²) in [6.07, 6.45) is 5.98. The molecule has 3 heterocycles. The molecule has 0 unspecified atom stereocenters. The molecule has 3 aromatic rings. The highest BCUT2D eigenvalue weighted by Gasteiger charge is 2.21. The van der Waals surface area contributed by atoms with Crippen molar-refractivity contribution < 1.29 is 18.7 Å². The Kier molecular flexibility index (Phi) is 4.49. The smallest absolute Gasteiger partial charge is 0.294 e. The Morgan fingerprint density at radius 3 is 2.81 bits per heavy atom. The second-order valence-corrected chi connectivity index (χ2v) is 6.02. The van der Waals surface area contributed by atoms with Crippen molar-refractivity contribution in [1.82, 2.24) is 15.0 Å². The first-order valence-corrected chi connectivity index (χ1v) is 8.37. The number of fused-ring (bicyclic) bond motifs is 1. The second-order valence-electron chi connectivity index (χ2n) is 6.02. The fourth-order valence-electron chi connectivity index (χ4n) is 3.16. The first-order chi connectivity index (χ1) is 12.8. The van der Waals surface area contributed by atoms with E-state index in [-0.39, 0.29) is 5.76 Å². The van der Waals surface area contributed by atoms with Crippen LogP contribution in [0.15, 0.2) is 35.3 Å². The molecule has 8 nitrogen and oxygen atoms in total. The number of aromatic nitrogens is 3. The van der Waals surface area contributed by atoms with Crippen LogP contribution in [0.3, 0.4) is 0 Å². The van der Waals surface area contributed by atoms with Crippen molar-refractivity contribution in [2.45, 2.75) is 18.8 Å². The van der Waals surface area contributed by atoms with E-state index in [2.05, 4.69) is 20.3 Å². The standard InChI is InChI=1S/C18H18N4O4/c1-24-13-3-2-12(11-4-6-25-7-5-11)16-17(13)21-15(9-20-16)22-18(23)14-8-19-10-26-14/h2-3,8-11H,4-7H2,1H3,(H,21,22,23). The first kappa shape index (κ1) is 16.5. The van der Waals surface area contributed by atoms with Gasteiger partial charge in [0, 0.05) is 13.2 Å². The lowest BCUT2D eigenvalue weighted by atomic mass is 9.90. The lowest BCUT2D eigenvalue weighted by molar-refractivity contribution is 0.0855. The van der Waals surface area contributed by atoms with Crippen molar-refractivity contribution in [3.63, 3.8) is 0 Å². The van der Waals surface area contributed by atoms with Crippen molar-refractivity contribution in [2.24, 2.45) is 0 Å². The molecule has 1 fully saturated rings. The number of ether oxygens (including phenoxy) is 2. The van der Waals surface area contributed by atoms with Gasteiger partial charge in [0.2, 0.25) is 5.76 Å². The third kappa shape index (κ3) is 3.11. The van der Waals surface area contributed by atoms with E-state index in [1.807, 2.05) is 12.1 Å². The summed E-state index contributed by atoms with van der Waals surface area (Å²) in [5.74, 6) is 0.979. The molecule has 26 heavy (non-hydrogen) atoms. The monoisotopic (exact) mass is 354 g/mol. The number of nitrogens with one attached hydrogen (secondary N) is 1. The molecule has 0 aliphatic carbocycles.